The number of nitro benzene ring substituents is 1. The van der Waals surface area contributed by atoms with Gasteiger partial charge >= 0.3 is 0 Å². The number of nitrogens with zero attached hydrogens (tertiary/aromatic N) is 2. The van der Waals surface area contributed by atoms with Gasteiger partial charge in [0, 0.05) is 17.7 Å². The van der Waals surface area contributed by atoms with Crippen LogP contribution in [0, 0.1) is 10.1 Å². The molecule has 0 aromatic heterocycles. The summed E-state index contributed by atoms with van der Waals surface area (Å²) >= 11 is 0. The van der Waals surface area contributed by atoms with Gasteiger partial charge in [0.15, 0.2) is 0 Å². The number of hydrogen-bond donors (Lipinski definition) is 2. The zero-order chi connectivity index (χ0) is 22.5. The van der Waals surface area contributed by atoms with Crippen molar-refractivity contribution in [2.45, 2.75) is 19.9 Å². The van der Waals surface area contributed by atoms with Gasteiger partial charge in [-0.1, -0.05) is 30.3 Å². The Labute approximate surface area is 180 Å². The fourth-order valence-electron chi connectivity index (χ4n) is 3.87. The highest BCUT2D eigenvalue weighted by atomic mass is 16.6. The number of quaternary nitrogens is 1. The summed E-state index contributed by atoms with van der Waals surface area (Å²) < 4.78 is 0. The van der Waals surface area contributed by atoms with Crippen LogP contribution in [0.2, 0.25) is 0 Å². The van der Waals surface area contributed by atoms with Crippen molar-refractivity contribution in [3.63, 3.8) is 0 Å². The van der Waals surface area contributed by atoms with Crippen LogP contribution < -0.4 is 4.90 Å². The van der Waals surface area contributed by atoms with E-state index >= 15 is 0 Å². The van der Waals surface area contributed by atoms with Gasteiger partial charge < -0.3 is 14.9 Å². The molecule has 1 amide bonds. The summed E-state index contributed by atoms with van der Waals surface area (Å²) in [4.78, 5) is 39.0. The number of aliphatic hydroxyl groups is 1. The smallest absolute Gasteiger partial charge is 0.295 e. The van der Waals surface area contributed by atoms with E-state index in [0.717, 1.165) is 18.7 Å². The van der Waals surface area contributed by atoms with E-state index in [0.29, 0.717) is 13.1 Å². The van der Waals surface area contributed by atoms with E-state index in [2.05, 4.69) is 13.8 Å². The second-order valence-corrected chi connectivity index (χ2v) is 7.41. The highest BCUT2D eigenvalue weighted by Crippen LogP contribution is 2.39. The Morgan fingerprint density at radius 3 is 2.23 bits per heavy atom. The molecule has 8 heteroatoms. The number of Topliss-reactive ketones (excluding diaryl/α,β-unsaturated/α-hetero) is 1. The Hall–Kier alpha value is -3.52. The normalized spacial score (nSPS) is 18.0. The SMILES string of the molecule is CC[NH+](CC)CCN1C(=O)C(=O)C(=C(O)c2ccc([N+](=O)[O-])cc2)[C@H]1c1ccccc1. The minimum absolute atomic E-state index is 0.000370. The topological polar surface area (TPSA) is 105 Å². The molecule has 2 N–H and O–H groups in total. The minimum atomic E-state index is -0.751. The number of non-ortho nitro benzene ring substituents is 1. The van der Waals surface area contributed by atoms with Crippen LogP contribution in [0.5, 0.6) is 0 Å². The Kier molecular flexibility index (Phi) is 6.81. The lowest BCUT2D eigenvalue weighted by atomic mass is 9.95. The number of likely N-dealkylation sites (tertiary alicyclic amines) is 1. The monoisotopic (exact) mass is 424 g/mol. The molecule has 1 fully saturated rings. The number of carbonyl (C=O) groups excluding carboxylic acids is 2. The van der Waals surface area contributed by atoms with Gasteiger partial charge in [-0.05, 0) is 31.5 Å². The molecule has 8 nitrogen and oxygen atoms in total. The van der Waals surface area contributed by atoms with Crippen molar-refractivity contribution in [1.29, 1.82) is 0 Å². The molecule has 0 radical (unpaired) electrons. The summed E-state index contributed by atoms with van der Waals surface area (Å²) in [6.07, 6.45) is 0. The maximum absolute atomic E-state index is 12.9. The van der Waals surface area contributed by atoms with Crippen molar-refractivity contribution in [1.82, 2.24) is 4.90 Å². The summed E-state index contributed by atoms with van der Waals surface area (Å²) in [6.45, 7) is 6.99. The zero-order valence-corrected chi connectivity index (χ0v) is 17.6. The fourth-order valence-corrected chi connectivity index (χ4v) is 3.87. The average Bonchev–Trinajstić information content (AvgIpc) is 3.05. The highest BCUT2D eigenvalue weighted by molar-refractivity contribution is 6.46. The lowest BCUT2D eigenvalue weighted by Crippen LogP contribution is -3.12. The Balaban J connectivity index is 2.06. The number of amides is 1. The number of ketones is 1. The predicted octanol–water partition coefficient (Wildman–Crippen LogP) is 1.94. The molecular weight excluding hydrogens is 398 g/mol. The second-order valence-electron chi connectivity index (χ2n) is 7.41. The molecule has 162 valence electrons. The summed E-state index contributed by atoms with van der Waals surface area (Å²) in [5, 5.41) is 21.9. The lowest BCUT2D eigenvalue weighted by molar-refractivity contribution is -0.895. The lowest BCUT2D eigenvalue weighted by Gasteiger charge is -2.26. The van der Waals surface area contributed by atoms with Gasteiger partial charge in [0.1, 0.15) is 5.76 Å². The van der Waals surface area contributed by atoms with E-state index in [-0.39, 0.29) is 22.6 Å². The van der Waals surface area contributed by atoms with Crippen molar-refractivity contribution >= 4 is 23.1 Å². The van der Waals surface area contributed by atoms with Crippen LogP contribution in [-0.2, 0) is 9.59 Å². The van der Waals surface area contributed by atoms with E-state index in [4.69, 9.17) is 0 Å². The molecule has 0 bridgehead atoms. The maximum atomic E-state index is 12.9. The number of carbonyl (C=O) groups is 2. The van der Waals surface area contributed by atoms with Crippen LogP contribution in [0.4, 0.5) is 5.69 Å². The molecule has 3 rings (SSSR count). The average molecular weight is 424 g/mol. The third-order valence-corrected chi connectivity index (χ3v) is 5.71. The summed E-state index contributed by atoms with van der Waals surface area (Å²) in [7, 11) is 0. The van der Waals surface area contributed by atoms with E-state index in [1.165, 1.54) is 34.1 Å². The van der Waals surface area contributed by atoms with Gasteiger partial charge in [0.2, 0.25) is 0 Å². The van der Waals surface area contributed by atoms with Crippen LogP contribution in [0.15, 0.2) is 60.2 Å². The van der Waals surface area contributed by atoms with Crippen LogP contribution in [0.25, 0.3) is 5.76 Å². The van der Waals surface area contributed by atoms with E-state index < -0.39 is 22.7 Å². The first-order valence-corrected chi connectivity index (χ1v) is 10.3. The van der Waals surface area contributed by atoms with E-state index in [1.54, 1.807) is 0 Å². The summed E-state index contributed by atoms with van der Waals surface area (Å²) in [5.74, 6) is -1.73. The first kappa shape index (κ1) is 22.2. The van der Waals surface area contributed by atoms with Gasteiger partial charge in [-0.2, -0.15) is 0 Å². The maximum Gasteiger partial charge on any atom is 0.295 e. The third kappa shape index (κ3) is 4.49. The number of benzene rings is 2. The van der Waals surface area contributed by atoms with Crippen molar-refractivity contribution in [3.8, 4) is 0 Å². The molecule has 0 saturated carbocycles. The number of nitro groups is 1. The van der Waals surface area contributed by atoms with Crippen LogP contribution >= 0.6 is 0 Å². The van der Waals surface area contributed by atoms with Crippen molar-refractivity contribution in [2.75, 3.05) is 26.2 Å². The van der Waals surface area contributed by atoms with Crippen LogP contribution in [0.1, 0.15) is 31.0 Å². The minimum Gasteiger partial charge on any atom is -0.507 e. The Bertz CT molecular complexity index is 998. The molecular formula is C23H26N3O5+. The fraction of sp³-hybridized carbons (Fsp3) is 0.304. The predicted molar refractivity (Wildman–Crippen MR) is 115 cm³/mol. The van der Waals surface area contributed by atoms with Crippen molar-refractivity contribution in [2.24, 2.45) is 0 Å². The molecule has 0 spiro atoms. The molecule has 1 saturated heterocycles. The second kappa shape index (κ2) is 9.53. The molecule has 2 aromatic rings. The van der Waals surface area contributed by atoms with Gasteiger partial charge in [-0.25, -0.2) is 0 Å². The molecule has 31 heavy (non-hydrogen) atoms. The van der Waals surface area contributed by atoms with Crippen LogP contribution in [0.3, 0.4) is 0 Å². The first-order chi connectivity index (χ1) is 14.9. The van der Waals surface area contributed by atoms with Gasteiger partial charge in [-0.15, -0.1) is 0 Å². The third-order valence-electron chi connectivity index (χ3n) is 5.71. The Morgan fingerprint density at radius 1 is 1.06 bits per heavy atom. The molecule has 1 atom stereocenters. The Morgan fingerprint density at radius 2 is 1.68 bits per heavy atom. The summed E-state index contributed by atoms with van der Waals surface area (Å²) in [5.41, 5.74) is 0.844. The summed E-state index contributed by atoms with van der Waals surface area (Å²) in [6, 6.07) is 13.7. The van der Waals surface area contributed by atoms with E-state index in [1.807, 2.05) is 30.3 Å². The molecule has 1 aliphatic rings. The molecule has 0 unspecified atom stereocenters. The van der Waals surface area contributed by atoms with Gasteiger partial charge in [0.05, 0.1) is 42.7 Å². The molecule has 2 aromatic carbocycles. The van der Waals surface area contributed by atoms with Gasteiger partial charge in [-0.3, -0.25) is 19.7 Å². The highest BCUT2D eigenvalue weighted by Gasteiger charge is 2.46. The zero-order valence-electron chi connectivity index (χ0n) is 17.6. The number of hydrogen-bond acceptors (Lipinski definition) is 5. The number of nitrogens with one attached hydrogen (secondary N) is 1. The standard InChI is InChI=1S/C23H25N3O5/c1-3-24(4-2)14-15-25-20(16-8-6-5-7-9-16)19(22(28)23(25)29)21(27)17-10-12-18(13-11-17)26(30)31/h5-13,20,27H,3-4,14-15H2,1-2H3/p+1/t20-/m1/s1. The number of likely N-dealkylation sites (N-methyl/N-ethyl adjacent to an activating group) is 1. The van der Waals surface area contributed by atoms with Gasteiger partial charge in [0.25, 0.3) is 17.4 Å². The van der Waals surface area contributed by atoms with Crippen molar-refractivity contribution < 1.29 is 24.5 Å². The molecule has 1 aliphatic heterocycles. The largest absolute Gasteiger partial charge is 0.507 e. The number of aliphatic hydroxyl groups excluding tert-OH is 1. The number of rotatable bonds is 8. The molecule has 1 heterocycles. The van der Waals surface area contributed by atoms with E-state index in [9.17, 15) is 24.8 Å². The quantitative estimate of drug-likeness (QED) is 0.222. The first-order valence-electron chi connectivity index (χ1n) is 10.3. The molecule has 0 aliphatic carbocycles. The van der Waals surface area contributed by atoms with Crippen LogP contribution in [-0.4, -0.2) is 52.8 Å². The van der Waals surface area contributed by atoms with Crippen molar-refractivity contribution in [3.05, 3.63) is 81.4 Å².